The number of carbonyl (C=O) groups is 1. The number of aliphatic hydroxyl groups excluding tert-OH is 1. The van der Waals surface area contributed by atoms with Crippen molar-refractivity contribution in [1.82, 2.24) is 10.2 Å². The first-order valence-electron chi connectivity index (χ1n) is 7.68. The number of amides is 1. The van der Waals surface area contributed by atoms with Gasteiger partial charge >= 0.3 is 0 Å². The first-order valence-corrected chi connectivity index (χ1v) is 8.06. The fraction of sp³-hybridized carbons (Fsp3) is 0.278. The van der Waals surface area contributed by atoms with E-state index in [9.17, 15) is 4.79 Å². The van der Waals surface area contributed by atoms with E-state index in [1.807, 2.05) is 41.3 Å². The molecule has 2 N–H and O–H groups in total. The first kappa shape index (κ1) is 16.0. The summed E-state index contributed by atoms with van der Waals surface area (Å²) in [6.07, 6.45) is 0. The van der Waals surface area contributed by atoms with Gasteiger partial charge in [-0.1, -0.05) is 35.9 Å². The molecular formula is C18H19ClN2O2. The van der Waals surface area contributed by atoms with Crippen molar-refractivity contribution in [2.24, 2.45) is 0 Å². The molecule has 1 amide bonds. The molecule has 5 heteroatoms. The lowest BCUT2D eigenvalue weighted by atomic mass is 10.0. The lowest BCUT2D eigenvalue weighted by Crippen LogP contribution is -2.46. The van der Waals surface area contributed by atoms with E-state index in [0.717, 1.165) is 29.8 Å². The molecule has 0 radical (unpaired) electrons. The Morgan fingerprint density at radius 2 is 1.78 bits per heavy atom. The van der Waals surface area contributed by atoms with Crippen LogP contribution < -0.4 is 5.32 Å². The number of benzene rings is 2. The summed E-state index contributed by atoms with van der Waals surface area (Å²) in [5.41, 5.74) is 3.34. The standard InChI is InChI=1S/C18H19ClN2O2/c19-17-10-15(14-3-1-13(12-22)2-4-14)9-16(11-17)18(23)21-7-5-20-6-8-21/h1-4,9-11,20,22H,5-8,12H2. The van der Waals surface area contributed by atoms with Crippen molar-refractivity contribution in [2.75, 3.05) is 26.2 Å². The van der Waals surface area contributed by atoms with Gasteiger partial charge < -0.3 is 15.3 Å². The normalized spacial score (nSPS) is 14.8. The predicted molar refractivity (Wildman–Crippen MR) is 91.6 cm³/mol. The molecule has 0 saturated carbocycles. The fourth-order valence-electron chi connectivity index (χ4n) is 2.73. The van der Waals surface area contributed by atoms with Crippen LogP contribution in [0.4, 0.5) is 0 Å². The van der Waals surface area contributed by atoms with Crippen LogP contribution in [-0.4, -0.2) is 42.1 Å². The molecule has 0 aliphatic carbocycles. The molecule has 2 aromatic rings. The number of piperazine rings is 1. The van der Waals surface area contributed by atoms with Gasteiger partial charge in [0.15, 0.2) is 0 Å². The Morgan fingerprint density at radius 1 is 1.09 bits per heavy atom. The second-order valence-electron chi connectivity index (χ2n) is 5.63. The zero-order chi connectivity index (χ0) is 16.2. The van der Waals surface area contributed by atoms with Crippen molar-refractivity contribution in [1.29, 1.82) is 0 Å². The quantitative estimate of drug-likeness (QED) is 0.909. The summed E-state index contributed by atoms with van der Waals surface area (Å²) < 4.78 is 0. The Balaban J connectivity index is 1.90. The van der Waals surface area contributed by atoms with Gasteiger partial charge in [-0.05, 0) is 34.9 Å². The first-order chi connectivity index (χ1) is 11.2. The monoisotopic (exact) mass is 330 g/mol. The number of halogens is 1. The van der Waals surface area contributed by atoms with Gasteiger partial charge in [0.1, 0.15) is 0 Å². The third kappa shape index (κ3) is 3.72. The van der Waals surface area contributed by atoms with E-state index in [1.165, 1.54) is 0 Å². The summed E-state index contributed by atoms with van der Waals surface area (Å²) in [6.45, 7) is 3.09. The maximum atomic E-state index is 12.6. The molecule has 1 saturated heterocycles. The van der Waals surface area contributed by atoms with Gasteiger partial charge in [-0.25, -0.2) is 0 Å². The van der Waals surface area contributed by atoms with Crippen LogP contribution in [-0.2, 0) is 6.61 Å². The van der Waals surface area contributed by atoms with Crippen LogP contribution in [0.25, 0.3) is 11.1 Å². The Hall–Kier alpha value is -1.88. The van der Waals surface area contributed by atoms with E-state index in [4.69, 9.17) is 16.7 Å². The Kier molecular flexibility index (Phi) is 4.96. The van der Waals surface area contributed by atoms with Gasteiger partial charge in [0.25, 0.3) is 5.91 Å². The number of nitrogens with one attached hydrogen (secondary N) is 1. The largest absolute Gasteiger partial charge is 0.392 e. The lowest BCUT2D eigenvalue weighted by molar-refractivity contribution is 0.0736. The van der Waals surface area contributed by atoms with Crippen LogP contribution in [0.3, 0.4) is 0 Å². The third-order valence-electron chi connectivity index (χ3n) is 4.02. The van der Waals surface area contributed by atoms with Crippen LogP contribution in [0.15, 0.2) is 42.5 Å². The molecule has 0 bridgehead atoms. The van der Waals surface area contributed by atoms with Crippen molar-refractivity contribution >= 4 is 17.5 Å². The van der Waals surface area contributed by atoms with Gasteiger partial charge in [0, 0.05) is 36.8 Å². The van der Waals surface area contributed by atoms with Crippen LogP contribution >= 0.6 is 11.6 Å². The minimum absolute atomic E-state index is 0.0160. The molecule has 3 rings (SSSR count). The average molecular weight is 331 g/mol. The molecule has 4 nitrogen and oxygen atoms in total. The Bertz CT molecular complexity index is 695. The highest BCUT2D eigenvalue weighted by molar-refractivity contribution is 6.31. The van der Waals surface area contributed by atoms with Gasteiger partial charge in [-0.3, -0.25) is 4.79 Å². The maximum absolute atomic E-state index is 12.6. The highest BCUT2D eigenvalue weighted by atomic mass is 35.5. The van der Waals surface area contributed by atoms with Crippen molar-refractivity contribution < 1.29 is 9.90 Å². The molecule has 1 aliphatic heterocycles. The topological polar surface area (TPSA) is 52.6 Å². The van der Waals surface area contributed by atoms with E-state index >= 15 is 0 Å². The zero-order valence-corrected chi connectivity index (χ0v) is 13.5. The van der Waals surface area contributed by atoms with Crippen LogP contribution in [0.1, 0.15) is 15.9 Å². The van der Waals surface area contributed by atoms with E-state index < -0.39 is 0 Å². The van der Waals surface area contributed by atoms with Crippen molar-refractivity contribution in [2.45, 2.75) is 6.61 Å². The molecule has 0 spiro atoms. The van der Waals surface area contributed by atoms with Crippen molar-refractivity contribution in [3.05, 3.63) is 58.6 Å². The van der Waals surface area contributed by atoms with E-state index in [0.29, 0.717) is 23.7 Å². The molecule has 120 valence electrons. The Morgan fingerprint density at radius 3 is 2.43 bits per heavy atom. The molecule has 1 fully saturated rings. The summed E-state index contributed by atoms with van der Waals surface area (Å²) in [5, 5.41) is 12.9. The summed E-state index contributed by atoms with van der Waals surface area (Å²) in [6, 6.07) is 13.0. The minimum atomic E-state index is 0.0160. The van der Waals surface area contributed by atoms with Gasteiger partial charge in [-0.15, -0.1) is 0 Å². The molecule has 23 heavy (non-hydrogen) atoms. The number of aliphatic hydroxyl groups is 1. The van der Waals surface area contributed by atoms with Gasteiger partial charge in [0.05, 0.1) is 6.61 Å². The smallest absolute Gasteiger partial charge is 0.254 e. The molecule has 0 unspecified atom stereocenters. The Labute approximate surface area is 140 Å². The molecular weight excluding hydrogens is 312 g/mol. The second kappa shape index (κ2) is 7.13. The van der Waals surface area contributed by atoms with Crippen LogP contribution in [0.2, 0.25) is 5.02 Å². The number of nitrogens with zero attached hydrogens (tertiary/aromatic N) is 1. The molecule has 0 atom stereocenters. The maximum Gasteiger partial charge on any atom is 0.254 e. The summed E-state index contributed by atoms with van der Waals surface area (Å²) in [5.74, 6) is 0.0160. The SMILES string of the molecule is O=C(c1cc(Cl)cc(-c2ccc(CO)cc2)c1)N1CCNCC1. The lowest BCUT2D eigenvalue weighted by Gasteiger charge is -2.27. The van der Waals surface area contributed by atoms with Gasteiger partial charge in [-0.2, -0.15) is 0 Å². The number of hydrogen-bond donors (Lipinski definition) is 2. The average Bonchev–Trinajstić information content (AvgIpc) is 2.61. The minimum Gasteiger partial charge on any atom is -0.392 e. The number of hydrogen-bond acceptors (Lipinski definition) is 3. The third-order valence-corrected chi connectivity index (χ3v) is 4.24. The van der Waals surface area contributed by atoms with E-state index in [1.54, 1.807) is 6.07 Å². The molecule has 1 heterocycles. The summed E-state index contributed by atoms with van der Waals surface area (Å²) in [7, 11) is 0. The number of carbonyl (C=O) groups excluding carboxylic acids is 1. The van der Waals surface area contributed by atoms with E-state index in [2.05, 4.69) is 5.32 Å². The molecule has 0 aromatic heterocycles. The van der Waals surface area contributed by atoms with Gasteiger partial charge in [0.2, 0.25) is 0 Å². The predicted octanol–water partition coefficient (Wildman–Crippen LogP) is 2.54. The molecule has 2 aromatic carbocycles. The molecule has 1 aliphatic rings. The van der Waals surface area contributed by atoms with Crippen molar-refractivity contribution in [3.8, 4) is 11.1 Å². The summed E-state index contributed by atoms with van der Waals surface area (Å²) >= 11 is 6.22. The highest BCUT2D eigenvalue weighted by Gasteiger charge is 2.19. The van der Waals surface area contributed by atoms with Crippen LogP contribution in [0, 0.1) is 0 Å². The fourth-order valence-corrected chi connectivity index (χ4v) is 2.97. The highest BCUT2D eigenvalue weighted by Crippen LogP contribution is 2.26. The number of rotatable bonds is 3. The van der Waals surface area contributed by atoms with Crippen LogP contribution in [0.5, 0.6) is 0 Å². The summed E-state index contributed by atoms with van der Waals surface area (Å²) in [4.78, 5) is 14.5. The second-order valence-corrected chi connectivity index (χ2v) is 6.06. The van der Waals surface area contributed by atoms with E-state index in [-0.39, 0.29) is 12.5 Å². The van der Waals surface area contributed by atoms with Crippen molar-refractivity contribution in [3.63, 3.8) is 0 Å². The zero-order valence-electron chi connectivity index (χ0n) is 12.8.